The van der Waals surface area contributed by atoms with Gasteiger partial charge in [0.1, 0.15) is 0 Å². The van der Waals surface area contributed by atoms with Crippen molar-refractivity contribution in [1.29, 1.82) is 0 Å². The lowest BCUT2D eigenvalue weighted by atomic mass is 10.1. The highest BCUT2D eigenvalue weighted by molar-refractivity contribution is 6.35. The van der Waals surface area contributed by atoms with Gasteiger partial charge in [-0.2, -0.15) is 0 Å². The second-order valence-electron chi connectivity index (χ2n) is 5.36. The lowest BCUT2D eigenvalue weighted by Gasteiger charge is -2.10. The van der Waals surface area contributed by atoms with Crippen molar-refractivity contribution >= 4 is 28.2 Å². The van der Waals surface area contributed by atoms with E-state index in [0.29, 0.717) is 5.02 Å². The van der Waals surface area contributed by atoms with Crippen molar-refractivity contribution in [2.24, 2.45) is 0 Å². The average Bonchev–Trinajstić information content (AvgIpc) is 2.56. The van der Waals surface area contributed by atoms with Gasteiger partial charge in [0.25, 0.3) is 0 Å². The molecule has 0 aliphatic carbocycles. The molecule has 0 saturated heterocycles. The third-order valence-corrected chi connectivity index (χ3v) is 4.08. The molecule has 3 aromatic rings. The van der Waals surface area contributed by atoms with E-state index in [1.165, 1.54) is 12.0 Å². The Bertz CT molecular complexity index is 741. The van der Waals surface area contributed by atoms with E-state index in [9.17, 15) is 0 Å². The molecule has 0 unspecified atom stereocenters. The Hall–Kier alpha value is -2.06. The minimum absolute atomic E-state index is 0.699. The maximum absolute atomic E-state index is 6.19. The summed E-state index contributed by atoms with van der Waals surface area (Å²) in [5.41, 5.74) is 3.37. The molecule has 3 rings (SSSR count). The number of benzene rings is 2. The molecule has 0 bridgehead atoms. The number of aromatic nitrogens is 1. The van der Waals surface area contributed by atoms with E-state index in [-0.39, 0.29) is 0 Å². The fourth-order valence-electron chi connectivity index (χ4n) is 2.62. The molecule has 2 aromatic carbocycles. The summed E-state index contributed by atoms with van der Waals surface area (Å²) in [6.07, 6.45) is 5.26. The number of rotatable bonds is 6. The lowest BCUT2D eigenvalue weighted by molar-refractivity contribution is 0.763. The predicted octanol–water partition coefficient (Wildman–Crippen LogP) is 5.32. The third-order valence-electron chi connectivity index (χ3n) is 3.77. The van der Waals surface area contributed by atoms with E-state index in [0.717, 1.165) is 36.0 Å². The third kappa shape index (κ3) is 3.58. The Balaban J connectivity index is 1.55. The maximum atomic E-state index is 6.19. The largest absolute Gasteiger partial charge is 0.384 e. The summed E-state index contributed by atoms with van der Waals surface area (Å²) in [5.74, 6) is 0. The van der Waals surface area contributed by atoms with Gasteiger partial charge in [-0.3, -0.25) is 4.98 Å². The molecule has 0 amide bonds. The second-order valence-corrected chi connectivity index (χ2v) is 5.77. The highest BCUT2D eigenvalue weighted by atomic mass is 35.5. The van der Waals surface area contributed by atoms with Gasteiger partial charge in [0.15, 0.2) is 0 Å². The van der Waals surface area contributed by atoms with Gasteiger partial charge < -0.3 is 5.32 Å². The van der Waals surface area contributed by atoms with Crippen molar-refractivity contribution in [3.63, 3.8) is 0 Å². The molecule has 0 saturated carbocycles. The van der Waals surface area contributed by atoms with Crippen molar-refractivity contribution in [3.05, 3.63) is 71.4 Å². The molecular formula is C19H19ClN2. The zero-order valence-electron chi connectivity index (χ0n) is 12.4. The SMILES string of the molecule is Clc1cccc2c(NCCCCc3ccccc3)ccnc12. The van der Waals surface area contributed by atoms with Crippen LogP contribution in [0.1, 0.15) is 18.4 Å². The number of nitrogens with zero attached hydrogens (tertiary/aromatic N) is 1. The summed E-state index contributed by atoms with van der Waals surface area (Å²) in [4.78, 5) is 4.35. The van der Waals surface area contributed by atoms with Gasteiger partial charge in [-0.15, -0.1) is 0 Å². The smallest absolute Gasteiger partial charge is 0.0908 e. The number of hydrogen-bond donors (Lipinski definition) is 1. The predicted molar refractivity (Wildman–Crippen MR) is 94.6 cm³/mol. The van der Waals surface area contributed by atoms with Gasteiger partial charge in [0.2, 0.25) is 0 Å². The Kier molecular flexibility index (Phi) is 4.92. The molecule has 0 atom stereocenters. The van der Waals surface area contributed by atoms with Crippen molar-refractivity contribution < 1.29 is 0 Å². The van der Waals surface area contributed by atoms with E-state index in [2.05, 4.69) is 46.7 Å². The molecule has 1 N–H and O–H groups in total. The molecule has 1 heterocycles. The molecule has 1 aromatic heterocycles. The van der Waals surface area contributed by atoms with Crippen LogP contribution in [0.25, 0.3) is 10.9 Å². The zero-order chi connectivity index (χ0) is 15.2. The normalized spacial score (nSPS) is 10.8. The van der Waals surface area contributed by atoms with Crippen LogP contribution in [0.2, 0.25) is 5.02 Å². The van der Waals surface area contributed by atoms with Gasteiger partial charge in [-0.1, -0.05) is 54.1 Å². The summed E-state index contributed by atoms with van der Waals surface area (Å²) in [6, 6.07) is 18.5. The summed E-state index contributed by atoms with van der Waals surface area (Å²) in [7, 11) is 0. The molecule has 0 aliphatic rings. The van der Waals surface area contributed by atoms with Gasteiger partial charge in [-0.25, -0.2) is 0 Å². The molecular weight excluding hydrogens is 292 g/mol. The van der Waals surface area contributed by atoms with E-state index in [4.69, 9.17) is 11.6 Å². The van der Waals surface area contributed by atoms with Crippen LogP contribution in [-0.4, -0.2) is 11.5 Å². The number of unbranched alkanes of at least 4 members (excludes halogenated alkanes) is 1. The van der Waals surface area contributed by atoms with Crippen LogP contribution in [-0.2, 0) is 6.42 Å². The molecule has 0 radical (unpaired) electrons. The summed E-state index contributed by atoms with van der Waals surface area (Å²) in [5, 5.41) is 5.28. The number of halogens is 1. The van der Waals surface area contributed by atoms with E-state index in [1.807, 2.05) is 18.2 Å². The number of nitrogens with one attached hydrogen (secondary N) is 1. The number of aryl methyl sites for hydroxylation is 1. The molecule has 22 heavy (non-hydrogen) atoms. The minimum atomic E-state index is 0.699. The first-order valence-corrected chi connectivity index (χ1v) is 8.03. The van der Waals surface area contributed by atoms with E-state index < -0.39 is 0 Å². The molecule has 0 aliphatic heterocycles. The monoisotopic (exact) mass is 310 g/mol. The molecule has 112 valence electrons. The number of hydrogen-bond acceptors (Lipinski definition) is 2. The van der Waals surface area contributed by atoms with Crippen molar-refractivity contribution in [2.75, 3.05) is 11.9 Å². The standard InChI is InChI=1S/C19H19ClN2/c20-17-11-6-10-16-18(12-14-22-19(16)17)21-13-5-4-9-15-7-2-1-3-8-15/h1-3,6-8,10-12,14H,4-5,9,13H2,(H,21,22). The van der Waals surface area contributed by atoms with Crippen molar-refractivity contribution in [3.8, 4) is 0 Å². The fourth-order valence-corrected chi connectivity index (χ4v) is 2.84. The first-order valence-electron chi connectivity index (χ1n) is 7.65. The van der Waals surface area contributed by atoms with Gasteiger partial charge in [0.05, 0.1) is 10.5 Å². The lowest BCUT2D eigenvalue weighted by Crippen LogP contribution is -2.03. The maximum Gasteiger partial charge on any atom is 0.0908 e. The Morgan fingerprint density at radius 1 is 0.909 bits per heavy atom. The van der Waals surface area contributed by atoms with Crippen LogP contribution < -0.4 is 5.32 Å². The number of fused-ring (bicyclic) bond motifs is 1. The summed E-state index contributed by atoms with van der Waals surface area (Å²) in [6.45, 7) is 0.957. The Morgan fingerprint density at radius 2 is 1.77 bits per heavy atom. The first kappa shape index (κ1) is 14.9. The van der Waals surface area contributed by atoms with Crippen LogP contribution in [0.15, 0.2) is 60.8 Å². The fraction of sp³-hybridized carbons (Fsp3) is 0.211. The van der Waals surface area contributed by atoms with Crippen LogP contribution >= 0.6 is 11.6 Å². The van der Waals surface area contributed by atoms with Crippen LogP contribution in [0, 0.1) is 0 Å². The highest BCUT2D eigenvalue weighted by Gasteiger charge is 2.04. The topological polar surface area (TPSA) is 24.9 Å². The van der Waals surface area contributed by atoms with Gasteiger partial charge in [0, 0.05) is 23.8 Å². The molecule has 0 fully saturated rings. The molecule has 2 nitrogen and oxygen atoms in total. The average molecular weight is 311 g/mol. The van der Waals surface area contributed by atoms with E-state index in [1.54, 1.807) is 6.20 Å². The first-order chi connectivity index (χ1) is 10.8. The van der Waals surface area contributed by atoms with Gasteiger partial charge in [-0.05, 0) is 37.0 Å². The Morgan fingerprint density at radius 3 is 2.64 bits per heavy atom. The second kappa shape index (κ2) is 7.28. The quantitative estimate of drug-likeness (QED) is 0.623. The van der Waals surface area contributed by atoms with Crippen LogP contribution in [0.3, 0.4) is 0 Å². The minimum Gasteiger partial charge on any atom is -0.384 e. The highest BCUT2D eigenvalue weighted by Crippen LogP contribution is 2.26. The number of pyridine rings is 1. The zero-order valence-corrected chi connectivity index (χ0v) is 13.2. The molecule has 3 heteroatoms. The summed E-state index contributed by atoms with van der Waals surface area (Å²) >= 11 is 6.19. The van der Waals surface area contributed by atoms with E-state index >= 15 is 0 Å². The van der Waals surface area contributed by atoms with Gasteiger partial charge >= 0.3 is 0 Å². The van der Waals surface area contributed by atoms with Crippen LogP contribution in [0.4, 0.5) is 5.69 Å². The van der Waals surface area contributed by atoms with Crippen LogP contribution in [0.5, 0.6) is 0 Å². The Labute approximate surface area is 136 Å². The van der Waals surface area contributed by atoms with Crippen molar-refractivity contribution in [1.82, 2.24) is 4.98 Å². The summed E-state index contributed by atoms with van der Waals surface area (Å²) < 4.78 is 0. The van der Waals surface area contributed by atoms with Crippen molar-refractivity contribution in [2.45, 2.75) is 19.3 Å². The number of para-hydroxylation sites is 1. The number of anilines is 1. The molecule has 0 spiro atoms.